The van der Waals surface area contributed by atoms with Gasteiger partial charge in [-0.15, -0.1) is 0 Å². The molecule has 7 heavy (non-hydrogen) atoms. The van der Waals surface area contributed by atoms with Crippen molar-refractivity contribution in [1.82, 2.24) is 5.32 Å². The van der Waals surface area contributed by atoms with E-state index in [1.807, 2.05) is 0 Å². The predicted molar refractivity (Wildman–Crippen MR) is 27.6 cm³/mol. The van der Waals surface area contributed by atoms with E-state index in [-0.39, 0.29) is 0 Å². The number of rotatable bonds is 2. The summed E-state index contributed by atoms with van der Waals surface area (Å²) in [5, 5.41) is 2.37. The second-order valence-corrected chi connectivity index (χ2v) is 1.14. The molecular formula is C4H9N2O. The Bertz CT molecular complexity index is 62.7. The van der Waals surface area contributed by atoms with Crippen molar-refractivity contribution in [2.45, 2.75) is 6.42 Å². The summed E-state index contributed by atoms with van der Waals surface area (Å²) in [5.41, 5.74) is 4.70. The first kappa shape index (κ1) is 6.27. The van der Waals surface area contributed by atoms with E-state index in [2.05, 4.69) is 12.2 Å². The zero-order valence-electron chi connectivity index (χ0n) is 4.11. The number of carbonyl (C=O) groups is 1. The Hall–Kier alpha value is -0.730. The largest absolute Gasteiger partial charge is 0.352 e. The molecule has 0 rings (SSSR count). The summed E-state index contributed by atoms with van der Waals surface area (Å²) in [5.74, 6) is 0. The van der Waals surface area contributed by atoms with Crippen molar-refractivity contribution < 1.29 is 4.79 Å². The Balaban J connectivity index is 2.82. The highest BCUT2D eigenvalue weighted by molar-refractivity contribution is 5.71. The molecule has 0 saturated carbocycles. The highest BCUT2D eigenvalue weighted by Gasteiger charge is 1.83. The Morgan fingerprint density at radius 3 is 2.57 bits per heavy atom. The van der Waals surface area contributed by atoms with Crippen LogP contribution in [0.15, 0.2) is 0 Å². The first-order chi connectivity index (χ1) is 3.27. The lowest BCUT2D eigenvalue weighted by molar-refractivity contribution is 0.249. The summed E-state index contributed by atoms with van der Waals surface area (Å²) in [6.07, 6.45) is 0.683. The molecule has 0 aliphatic heterocycles. The monoisotopic (exact) mass is 101 g/mol. The Morgan fingerprint density at radius 1 is 1.86 bits per heavy atom. The van der Waals surface area contributed by atoms with Crippen molar-refractivity contribution in [2.24, 2.45) is 5.73 Å². The van der Waals surface area contributed by atoms with Crippen molar-refractivity contribution in [2.75, 3.05) is 6.54 Å². The second kappa shape index (κ2) is 3.46. The number of amides is 2. The van der Waals surface area contributed by atoms with Crippen molar-refractivity contribution >= 4 is 6.03 Å². The van der Waals surface area contributed by atoms with Crippen LogP contribution in [-0.2, 0) is 0 Å². The van der Waals surface area contributed by atoms with Gasteiger partial charge in [0.05, 0.1) is 0 Å². The Morgan fingerprint density at radius 2 is 2.43 bits per heavy atom. The molecule has 0 aliphatic rings. The summed E-state index contributed by atoms with van der Waals surface area (Å²) < 4.78 is 0. The molecule has 0 bridgehead atoms. The van der Waals surface area contributed by atoms with Crippen molar-refractivity contribution in [3.63, 3.8) is 0 Å². The van der Waals surface area contributed by atoms with Crippen LogP contribution < -0.4 is 11.1 Å². The number of urea groups is 1. The number of nitrogens with one attached hydrogen (secondary N) is 1. The molecule has 0 aromatic rings. The van der Waals surface area contributed by atoms with Crippen LogP contribution in [0.2, 0.25) is 0 Å². The normalized spacial score (nSPS) is 8.14. The molecule has 0 aliphatic carbocycles. The molecule has 0 saturated heterocycles. The quantitative estimate of drug-likeness (QED) is 0.500. The highest BCUT2D eigenvalue weighted by Crippen LogP contribution is 1.65. The van der Waals surface area contributed by atoms with E-state index in [1.54, 1.807) is 0 Å². The lowest BCUT2D eigenvalue weighted by Crippen LogP contribution is -2.29. The molecule has 0 atom stereocenters. The summed E-state index contributed by atoms with van der Waals surface area (Å²) in [4.78, 5) is 9.84. The lowest BCUT2D eigenvalue weighted by atomic mass is 10.5. The Labute approximate surface area is 42.9 Å². The molecule has 0 fully saturated rings. The molecule has 0 unspecified atom stereocenters. The molecule has 3 N–H and O–H groups in total. The van der Waals surface area contributed by atoms with Gasteiger partial charge < -0.3 is 11.1 Å². The predicted octanol–water partition coefficient (Wildman–Crippen LogP) is -0.121. The van der Waals surface area contributed by atoms with Gasteiger partial charge in [-0.1, -0.05) is 6.92 Å². The van der Waals surface area contributed by atoms with Gasteiger partial charge in [0.1, 0.15) is 0 Å². The number of carbonyl (C=O) groups excluding carboxylic acids is 1. The zero-order chi connectivity index (χ0) is 5.70. The van der Waals surface area contributed by atoms with Crippen LogP contribution in [0.5, 0.6) is 0 Å². The third-order valence-electron chi connectivity index (χ3n) is 0.476. The van der Waals surface area contributed by atoms with Crippen molar-refractivity contribution in [1.29, 1.82) is 0 Å². The highest BCUT2D eigenvalue weighted by atomic mass is 16.2. The molecule has 1 radical (unpaired) electrons. The average Bonchev–Trinajstić information content (AvgIpc) is 1.61. The average molecular weight is 101 g/mol. The molecular weight excluding hydrogens is 92.1 g/mol. The van der Waals surface area contributed by atoms with Gasteiger partial charge in [-0.3, -0.25) is 0 Å². The van der Waals surface area contributed by atoms with Gasteiger partial charge in [0.25, 0.3) is 0 Å². The van der Waals surface area contributed by atoms with E-state index < -0.39 is 6.03 Å². The number of hydrogen-bond donors (Lipinski definition) is 2. The fraction of sp³-hybridized carbons (Fsp3) is 0.500. The number of nitrogens with two attached hydrogens (primary N) is 1. The third-order valence-corrected chi connectivity index (χ3v) is 0.476. The second-order valence-electron chi connectivity index (χ2n) is 1.14. The topological polar surface area (TPSA) is 55.1 Å². The fourth-order valence-corrected chi connectivity index (χ4v) is 0.212. The van der Waals surface area contributed by atoms with E-state index in [9.17, 15) is 4.79 Å². The van der Waals surface area contributed by atoms with Gasteiger partial charge in [-0.25, -0.2) is 4.79 Å². The number of primary amides is 1. The van der Waals surface area contributed by atoms with E-state index >= 15 is 0 Å². The van der Waals surface area contributed by atoms with Gasteiger partial charge in [-0.05, 0) is 6.42 Å². The fourth-order valence-electron chi connectivity index (χ4n) is 0.212. The maximum atomic E-state index is 9.84. The minimum absolute atomic E-state index is 0.483. The lowest BCUT2D eigenvalue weighted by Gasteiger charge is -1.93. The molecule has 41 valence electrons. The smallest absolute Gasteiger partial charge is 0.312 e. The third kappa shape index (κ3) is 5.27. The molecule has 2 amide bonds. The first-order valence-corrected chi connectivity index (χ1v) is 2.10. The van der Waals surface area contributed by atoms with E-state index in [0.717, 1.165) is 0 Å². The molecule has 0 heterocycles. The first-order valence-electron chi connectivity index (χ1n) is 2.10. The van der Waals surface area contributed by atoms with Crippen LogP contribution in [0.4, 0.5) is 4.79 Å². The van der Waals surface area contributed by atoms with Gasteiger partial charge in [0, 0.05) is 6.54 Å². The summed E-state index contributed by atoms with van der Waals surface area (Å²) >= 11 is 0. The van der Waals surface area contributed by atoms with Crippen LogP contribution in [-0.4, -0.2) is 12.6 Å². The van der Waals surface area contributed by atoms with E-state index in [1.165, 1.54) is 0 Å². The summed E-state index contributed by atoms with van der Waals surface area (Å²) in [7, 11) is 0. The van der Waals surface area contributed by atoms with Gasteiger partial charge in [-0.2, -0.15) is 0 Å². The molecule has 3 nitrogen and oxygen atoms in total. The van der Waals surface area contributed by atoms with Gasteiger partial charge in [0.2, 0.25) is 0 Å². The molecule has 3 heteroatoms. The summed E-state index contributed by atoms with van der Waals surface area (Å²) in [6, 6.07) is -0.483. The van der Waals surface area contributed by atoms with Crippen LogP contribution in [0.1, 0.15) is 6.42 Å². The number of hydrogen-bond acceptors (Lipinski definition) is 1. The Kier molecular flexibility index (Phi) is 3.10. The zero-order valence-corrected chi connectivity index (χ0v) is 4.11. The van der Waals surface area contributed by atoms with Gasteiger partial charge >= 0.3 is 6.03 Å². The minimum Gasteiger partial charge on any atom is -0.352 e. The summed E-state index contributed by atoms with van der Waals surface area (Å²) in [6.45, 7) is 4.05. The van der Waals surface area contributed by atoms with Crippen LogP contribution in [0.25, 0.3) is 0 Å². The van der Waals surface area contributed by atoms with Gasteiger partial charge in [0.15, 0.2) is 0 Å². The minimum atomic E-state index is -0.483. The molecule has 0 aromatic carbocycles. The van der Waals surface area contributed by atoms with Crippen LogP contribution in [0, 0.1) is 6.92 Å². The molecule has 0 spiro atoms. The van der Waals surface area contributed by atoms with Crippen LogP contribution in [0.3, 0.4) is 0 Å². The van der Waals surface area contributed by atoms with E-state index in [4.69, 9.17) is 5.73 Å². The standard InChI is InChI=1S/C4H9N2O/c1-2-3-6-4(5)7/h1-3H2,(H3,5,6,7). The molecule has 0 aromatic heterocycles. The maximum absolute atomic E-state index is 9.84. The van der Waals surface area contributed by atoms with Crippen molar-refractivity contribution in [3.05, 3.63) is 6.92 Å². The van der Waals surface area contributed by atoms with Crippen LogP contribution >= 0.6 is 0 Å². The van der Waals surface area contributed by atoms with Crippen molar-refractivity contribution in [3.8, 4) is 0 Å². The maximum Gasteiger partial charge on any atom is 0.312 e. The SMILES string of the molecule is [CH2]CCNC(N)=O. The van der Waals surface area contributed by atoms with E-state index in [0.29, 0.717) is 13.0 Å².